The molecule has 1 amide bonds. The second-order valence-corrected chi connectivity index (χ2v) is 8.12. The predicted octanol–water partition coefficient (Wildman–Crippen LogP) is 1.31. The van der Waals surface area contributed by atoms with Crippen molar-refractivity contribution in [2.45, 2.75) is 30.6 Å². The minimum Gasteiger partial charge on any atom is -0.427 e. The summed E-state index contributed by atoms with van der Waals surface area (Å²) in [5, 5.41) is 10.9. The molecule has 0 aliphatic carbocycles. The first kappa shape index (κ1) is 19.3. The molecule has 0 bridgehead atoms. The Morgan fingerprint density at radius 2 is 2.00 bits per heavy atom. The number of nitrogens with one attached hydrogen (secondary N) is 2. The van der Waals surface area contributed by atoms with Crippen LogP contribution in [0.5, 0.6) is 0 Å². The summed E-state index contributed by atoms with van der Waals surface area (Å²) in [7, 11) is -3.81. The lowest BCUT2D eigenvalue weighted by Crippen LogP contribution is -2.30. The van der Waals surface area contributed by atoms with Crippen molar-refractivity contribution < 1.29 is 17.6 Å². The molecule has 1 atom stereocenters. The van der Waals surface area contributed by atoms with E-state index in [0.717, 1.165) is 25.9 Å². The quantitative estimate of drug-likeness (QED) is 0.720. The van der Waals surface area contributed by atoms with Crippen molar-refractivity contribution >= 4 is 21.6 Å². The monoisotopic (exact) mass is 391 g/mol. The summed E-state index contributed by atoms with van der Waals surface area (Å²) >= 11 is 0. The summed E-state index contributed by atoms with van der Waals surface area (Å²) < 4.78 is 27.9. The Morgan fingerprint density at radius 3 is 2.56 bits per heavy atom. The van der Waals surface area contributed by atoms with E-state index in [1.807, 2.05) is 0 Å². The van der Waals surface area contributed by atoms with Gasteiger partial charge in [-0.25, -0.2) is 18.4 Å². The number of sulfonamides is 1. The highest BCUT2D eigenvalue weighted by Gasteiger charge is 2.22. The van der Waals surface area contributed by atoms with Gasteiger partial charge in [-0.05, 0) is 62.2 Å². The van der Waals surface area contributed by atoms with Gasteiger partial charge in [0.2, 0.25) is 10.0 Å². The van der Waals surface area contributed by atoms with Gasteiger partial charge in [-0.2, -0.15) is 0 Å². The van der Waals surface area contributed by atoms with E-state index in [1.165, 1.54) is 24.3 Å². The van der Waals surface area contributed by atoms with Crippen LogP contribution in [0.1, 0.15) is 40.4 Å². The SMILES string of the molecule is Cc1cc(C2CCCNC2)oc(=O)c1C(=O)Nc1ccc(S(N)(=O)=O)cc1. The van der Waals surface area contributed by atoms with Crippen molar-refractivity contribution in [1.29, 1.82) is 0 Å². The lowest BCUT2D eigenvalue weighted by Gasteiger charge is -2.22. The van der Waals surface area contributed by atoms with Crippen molar-refractivity contribution in [3.8, 4) is 0 Å². The number of anilines is 1. The smallest absolute Gasteiger partial charge is 0.349 e. The van der Waals surface area contributed by atoms with E-state index >= 15 is 0 Å². The number of hydrogen-bond donors (Lipinski definition) is 3. The molecular weight excluding hydrogens is 370 g/mol. The predicted molar refractivity (Wildman–Crippen MR) is 100 cm³/mol. The molecule has 1 saturated heterocycles. The van der Waals surface area contributed by atoms with Crippen LogP contribution < -0.4 is 21.4 Å². The van der Waals surface area contributed by atoms with Crippen molar-refractivity contribution in [3.05, 3.63) is 57.6 Å². The maximum Gasteiger partial charge on any atom is 0.349 e. The van der Waals surface area contributed by atoms with Crippen LogP contribution in [0.3, 0.4) is 0 Å². The molecule has 2 heterocycles. The number of hydrogen-bond acceptors (Lipinski definition) is 6. The van der Waals surface area contributed by atoms with Crippen LogP contribution >= 0.6 is 0 Å². The molecule has 1 aliphatic heterocycles. The minimum atomic E-state index is -3.81. The van der Waals surface area contributed by atoms with Crippen molar-refractivity contribution in [1.82, 2.24) is 5.32 Å². The third kappa shape index (κ3) is 4.44. The molecule has 27 heavy (non-hydrogen) atoms. The standard InChI is InChI=1S/C18H21N3O5S/c1-11-9-15(12-3-2-8-20-10-12)26-18(23)16(11)17(22)21-13-4-6-14(7-5-13)27(19,24)25/h4-7,9,12,20H,2-3,8,10H2,1H3,(H,21,22)(H2,19,24,25). The van der Waals surface area contributed by atoms with Gasteiger partial charge in [-0.15, -0.1) is 0 Å². The summed E-state index contributed by atoms with van der Waals surface area (Å²) in [4.78, 5) is 24.8. The Balaban J connectivity index is 1.81. The number of rotatable bonds is 4. The number of carbonyl (C=O) groups excluding carboxylic acids is 1. The Labute approximate surface area is 156 Å². The summed E-state index contributed by atoms with van der Waals surface area (Å²) in [5.41, 5.74) is 0.115. The topological polar surface area (TPSA) is 132 Å². The van der Waals surface area contributed by atoms with E-state index in [2.05, 4.69) is 10.6 Å². The van der Waals surface area contributed by atoms with Gasteiger partial charge in [0.1, 0.15) is 11.3 Å². The van der Waals surface area contributed by atoms with Crippen molar-refractivity contribution in [2.24, 2.45) is 5.14 Å². The summed E-state index contributed by atoms with van der Waals surface area (Å²) in [6, 6.07) is 7.09. The highest BCUT2D eigenvalue weighted by molar-refractivity contribution is 7.89. The first-order valence-corrected chi connectivity index (χ1v) is 10.1. The van der Waals surface area contributed by atoms with Crippen LogP contribution in [0.15, 0.2) is 44.4 Å². The van der Waals surface area contributed by atoms with Gasteiger partial charge in [-0.1, -0.05) is 0 Å². The molecule has 1 aliphatic rings. The Hall–Kier alpha value is -2.49. The molecule has 9 heteroatoms. The highest BCUT2D eigenvalue weighted by Crippen LogP contribution is 2.24. The number of aryl methyl sites for hydroxylation is 1. The molecule has 1 aromatic carbocycles. The lowest BCUT2D eigenvalue weighted by molar-refractivity contribution is 0.102. The fourth-order valence-electron chi connectivity index (χ4n) is 3.12. The van der Waals surface area contributed by atoms with Crippen LogP contribution in [-0.4, -0.2) is 27.4 Å². The van der Waals surface area contributed by atoms with E-state index in [1.54, 1.807) is 13.0 Å². The third-order valence-corrected chi connectivity index (χ3v) is 5.46. The highest BCUT2D eigenvalue weighted by atomic mass is 32.2. The first-order chi connectivity index (χ1) is 12.8. The van der Waals surface area contributed by atoms with Crippen LogP contribution in [0.2, 0.25) is 0 Å². The molecule has 1 fully saturated rings. The van der Waals surface area contributed by atoms with Crippen LogP contribution in [0, 0.1) is 6.92 Å². The number of amides is 1. The minimum absolute atomic E-state index is 0.0679. The molecular formula is C18H21N3O5S. The van der Waals surface area contributed by atoms with Gasteiger partial charge in [-0.3, -0.25) is 4.79 Å². The second kappa shape index (κ2) is 7.63. The largest absolute Gasteiger partial charge is 0.427 e. The molecule has 1 unspecified atom stereocenters. The zero-order valence-electron chi connectivity index (χ0n) is 14.8. The fourth-order valence-corrected chi connectivity index (χ4v) is 3.64. The number of nitrogens with two attached hydrogens (primary N) is 1. The molecule has 0 saturated carbocycles. The van der Waals surface area contributed by atoms with Crippen molar-refractivity contribution in [2.75, 3.05) is 18.4 Å². The van der Waals surface area contributed by atoms with Crippen molar-refractivity contribution in [3.63, 3.8) is 0 Å². The normalized spacial score (nSPS) is 17.5. The van der Waals surface area contributed by atoms with Gasteiger partial charge >= 0.3 is 5.63 Å². The van der Waals surface area contributed by atoms with Crippen LogP contribution in [-0.2, 0) is 10.0 Å². The Morgan fingerprint density at radius 1 is 1.30 bits per heavy atom. The maximum atomic E-state index is 12.5. The Bertz CT molecular complexity index is 1010. The van der Waals surface area contributed by atoms with E-state index in [9.17, 15) is 18.0 Å². The summed E-state index contributed by atoms with van der Waals surface area (Å²) in [6.07, 6.45) is 1.93. The molecule has 3 rings (SSSR count). The molecule has 0 radical (unpaired) electrons. The number of carbonyl (C=O) groups is 1. The van der Waals surface area contributed by atoms with E-state index in [4.69, 9.17) is 9.56 Å². The zero-order chi connectivity index (χ0) is 19.6. The van der Waals surface area contributed by atoms with Crippen LogP contribution in [0.4, 0.5) is 5.69 Å². The zero-order valence-corrected chi connectivity index (χ0v) is 15.6. The molecule has 1 aromatic heterocycles. The van der Waals surface area contributed by atoms with Gasteiger partial charge in [0.15, 0.2) is 0 Å². The second-order valence-electron chi connectivity index (χ2n) is 6.56. The van der Waals surface area contributed by atoms with E-state index in [-0.39, 0.29) is 16.4 Å². The van der Waals surface area contributed by atoms with Gasteiger partial charge < -0.3 is 15.1 Å². The van der Waals surface area contributed by atoms with Crippen LogP contribution in [0.25, 0.3) is 0 Å². The molecule has 4 N–H and O–H groups in total. The molecule has 2 aromatic rings. The number of piperidine rings is 1. The van der Waals surface area contributed by atoms with Gasteiger partial charge in [0.25, 0.3) is 5.91 Å². The maximum absolute atomic E-state index is 12.5. The average molecular weight is 391 g/mol. The van der Waals surface area contributed by atoms with Gasteiger partial charge in [0, 0.05) is 18.2 Å². The first-order valence-electron chi connectivity index (χ1n) is 8.55. The summed E-state index contributed by atoms with van der Waals surface area (Å²) in [6.45, 7) is 3.38. The molecule has 144 valence electrons. The van der Waals surface area contributed by atoms with E-state index in [0.29, 0.717) is 17.0 Å². The lowest BCUT2D eigenvalue weighted by atomic mass is 9.95. The van der Waals surface area contributed by atoms with Gasteiger partial charge in [0.05, 0.1) is 4.90 Å². The fraction of sp³-hybridized carbons (Fsp3) is 0.333. The number of benzene rings is 1. The van der Waals surface area contributed by atoms with E-state index < -0.39 is 21.6 Å². The molecule has 0 spiro atoms. The Kier molecular flexibility index (Phi) is 5.45. The average Bonchev–Trinajstić information content (AvgIpc) is 2.61. The summed E-state index contributed by atoms with van der Waals surface area (Å²) in [5.74, 6) is 0.0877. The third-order valence-electron chi connectivity index (χ3n) is 4.53. The number of primary sulfonamides is 1. The molecule has 8 nitrogen and oxygen atoms in total.